The average Bonchev–Trinajstić information content (AvgIpc) is 3.37. The standard InChI is InChI=1S/C21H17ClN2O2S/c22-19-14-7-3-4-8-17(14)27-20(19)21(26)23-11-18(25)24-15-9-10-16(24)13-6-2-1-5-12(13)15/h1-8,15-16H,9-11H2,(H,23,26). The molecule has 27 heavy (non-hydrogen) atoms. The molecular weight excluding hydrogens is 380 g/mol. The monoisotopic (exact) mass is 396 g/mol. The van der Waals surface area contributed by atoms with E-state index in [0.717, 1.165) is 22.9 Å². The Labute approximate surface area is 165 Å². The van der Waals surface area contributed by atoms with E-state index >= 15 is 0 Å². The highest BCUT2D eigenvalue weighted by molar-refractivity contribution is 7.21. The van der Waals surface area contributed by atoms with Gasteiger partial charge in [0, 0.05) is 10.1 Å². The van der Waals surface area contributed by atoms with Crippen LogP contribution in [0.1, 0.15) is 45.7 Å². The fourth-order valence-electron chi connectivity index (χ4n) is 4.37. The zero-order valence-electron chi connectivity index (χ0n) is 14.4. The van der Waals surface area contributed by atoms with Gasteiger partial charge in [-0.05, 0) is 30.0 Å². The van der Waals surface area contributed by atoms with Gasteiger partial charge in [0.2, 0.25) is 5.91 Å². The molecule has 2 amide bonds. The molecule has 2 aromatic carbocycles. The van der Waals surface area contributed by atoms with Crippen molar-refractivity contribution in [1.29, 1.82) is 0 Å². The molecule has 0 aliphatic carbocycles. The molecule has 0 spiro atoms. The third-order valence-corrected chi connectivity index (χ3v) is 7.20. The molecule has 1 N–H and O–H groups in total. The van der Waals surface area contributed by atoms with E-state index in [-0.39, 0.29) is 30.4 Å². The van der Waals surface area contributed by atoms with Gasteiger partial charge < -0.3 is 10.2 Å². The predicted molar refractivity (Wildman–Crippen MR) is 107 cm³/mol. The molecule has 2 bridgehead atoms. The van der Waals surface area contributed by atoms with Crippen LogP contribution in [-0.4, -0.2) is 23.3 Å². The van der Waals surface area contributed by atoms with Crippen LogP contribution in [0.25, 0.3) is 10.1 Å². The van der Waals surface area contributed by atoms with Gasteiger partial charge in [0.15, 0.2) is 0 Å². The summed E-state index contributed by atoms with van der Waals surface area (Å²) in [7, 11) is 0. The van der Waals surface area contributed by atoms with Crippen LogP contribution < -0.4 is 5.32 Å². The van der Waals surface area contributed by atoms with Gasteiger partial charge >= 0.3 is 0 Å². The summed E-state index contributed by atoms with van der Waals surface area (Å²) in [5, 5.41) is 4.09. The lowest BCUT2D eigenvalue weighted by atomic mass is 9.92. The minimum absolute atomic E-state index is 0.00953. The van der Waals surface area contributed by atoms with E-state index in [1.807, 2.05) is 41.3 Å². The number of hydrogen-bond acceptors (Lipinski definition) is 3. The lowest BCUT2D eigenvalue weighted by Gasteiger charge is -2.22. The fraction of sp³-hybridized carbons (Fsp3) is 0.238. The lowest BCUT2D eigenvalue weighted by Crippen LogP contribution is -2.38. The van der Waals surface area contributed by atoms with Crippen molar-refractivity contribution in [2.24, 2.45) is 0 Å². The lowest BCUT2D eigenvalue weighted by molar-refractivity contribution is -0.132. The Morgan fingerprint density at radius 2 is 1.67 bits per heavy atom. The predicted octanol–water partition coefficient (Wildman–Crippen LogP) is 4.70. The number of nitrogens with one attached hydrogen (secondary N) is 1. The zero-order valence-corrected chi connectivity index (χ0v) is 16.0. The van der Waals surface area contributed by atoms with Crippen molar-refractivity contribution >= 4 is 44.8 Å². The number of halogens is 1. The smallest absolute Gasteiger partial charge is 0.263 e. The van der Waals surface area contributed by atoms with Crippen molar-refractivity contribution < 1.29 is 9.59 Å². The maximum atomic E-state index is 12.8. The summed E-state index contributed by atoms with van der Waals surface area (Å²) in [5.74, 6) is -0.331. The number of thiophene rings is 1. The molecular formula is C21H17ClN2O2S. The Kier molecular flexibility index (Phi) is 3.95. The van der Waals surface area contributed by atoms with Crippen LogP contribution >= 0.6 is 22.9 Å². The number of carbonyl (C=O) groups excluding carboxylic acids is 2. The van der Waals surface area contributed by atoms with Crippen LogP contribution in [0, 0.1) is 0 Å². The maximum absolute atomic E-state index is 12.8. The Bertz CT molecular complexity index is 1050. The number of carbonyl (C=O) groups is 2. The Morgan fingerprint density at radius 1 is 1.04 bits per heavy atom. The maximum Gasteiger partial charge on any atom is 0.263 e. The third-order valence-electron chi connectivity index (χ3n) is 5.53. The summed E-state index contributed by atoms with van der Waals surface area (Å²) in [6.07, 6.45) is 1.98. The molecule has 3 heterocycles. The van der Waals surface area contributed by atoms with E-state index in [2.05, 4.69) is 17.4 Å². The number of nitrogens with zero attached hydrogens (tertiary/aromatic N) is 1. The molecule has 1 aromatic heterocycles. The minimum atomic E-state index is -0.293. The molecule has 1 fully saturated rings. The second-order valence-electron chi connectivity index (χ2n) is 6.96. The summed E-state index contributed by atoms with van der Waals surface area (Å²) in [4.78, 5) is 27.8. The van der Waals surface area contributed by atoms with Crippen molar-refractivity contribution in [3.05, 3.63) is 69.6 Å². The van der Waals surface area contributed by atoms with Gasteiger partial charge in [-0.25, -0.2) is 0 Å². The highest BCUT2D eigenvalue weighted by atomic mass is 35.5. The Morgan fingerprint density at radius 3 is 2.33 bits per heavy atom. The van der Waals surface area contributed by atoms with Gasteiger partial charge in [-0.3, -0.25) is 9.59 Å². The van der Waals surface area contributed by atoms with E-state index < -0.39 is 0 Å². The van der Waals surface area contributed by atoms with E-state index in [1.54, 1.807) is 0 Å². The second kappa shape index (κ2) is 6.36. The molecule has 0 radical (unpaired) electrons. The molecule has 5 rings (SSSR count). The van der Waals surface area contributed by atoms with Crippen molar-refractivity contribution in [3.63, 3.8) is 0 Å². The molecule has 0 saturated carbocycles. The Hall–Kier alpha value is -2.37. The van der Waals surface area contributed by atoms with Crippen LogP contribution in [0.2, 0.25) is 5.02 Å². The molecule has 4 nitrogen and oxygen atoms in total. The SMILES string of the molecule is O=C(NCC(=O)N1C2CCC1c1ccccc12)c1sc2ccccc2c1Cl. The van der Waals surface area contributed by atoms with E-state index in [1.165, 1.54) is 22.5 Å². The van der Waals surface area contributed by atoms with E-state index in [4.69, 9.17) is 11.6 Å². The van der Waals surface area contributed by atoms with Crippen LogP contribution in [0.5, 0.6) is 0 Å². The molecule has 1 saturated heterocycles. The first-order chi connectivity index (χ1) is 13.1. The van der Waals surface area contributed by atoms with Crippen LogP contribution in [0.15, 0.2) is 48.5 Å². The molecule has 2 unspecified atom stereocenters. The Balaban J connectivity index is 1.31. The average molecular weight is 397 g/mol. The van der Waals surface area contributed by atoms with Crippen LogP contribution in [-0.2, 0) is 4.79 Å². The van der Waals surface area contributed by atoms with Crippen molar-refractivity contribution in [2.45, 2.75) is 24.9 Å². The van der Waals surface area contributed by atoms with Gasteiger partial charge in [0.1, 0.15) is 4.88 Å². The zero-order chi connectivity index (χ0) is 18.5. The normalized spacial score (nSPS) is 20.1. The summed E-state index contributed by atoms with van der Waals surface area (Å²) in [6, 6.07) is 16.2. The summed E-state index contributed by atoms with van der Waals surface area (Å²) >= 11 is 7.72. The van der Waals surface area contributed by atoms with Gasteiger partial charge in [-0.15, -0.1) is 11.3 Å². The first kappa shape index (κ1) is 16.8. The molecule has 136 valence electrons. The number of rotatable bonds is 3. The first-order valence-electron chi connectivity index (χ1n) is 9.00. The van der Waals surface area contributed by atoms with Crippen molar-refractivity contribution in [1.82, 2.24) is 10.2 Å². The van der Waals surface area contributed by atoms with Crippen molar-refractivity contribution in [3.8, 4) is 0 Å². The van der Waals surface area contributed by atoms with E-state index in [0.29, 0.717) is 9.90 Å². The van der Waals surface area contributed by atoms with E-state index in [9.17, 15) is 9.59 Å². The van der Waals surface area contributed by atoms with Gasteiger partial charge in [0.05, 0.1) is 23.7 Å². The summed E-state index contributed by atoms with van der Waals surface area (Å²) in [6.45, 7) is -0.00953. The molecule has 2 aliphatic heterocycles. The summed E-state index contributed by atoms with van der Waals surface area (Å²) in [5.41, 5.74) is 2.50. The minimum Gasteiger partial charge on any atom is -0.342 e. The molecule has 2 atom stereocenters. The van der Waals surface area contributed by atoms with Crippen molar-refractivity contribution in [2.75, 3.05) is 6.54 Å². The topological polar surface area (TPSA) is 49.4 Å². The number of fused-ring (bicyclic) bond motifs is 6. The molecule has 3 aromatic rings. The van der Waals surface area contributed by atoms with Crippen LogP contribution in [0.4, 0.5) is 0 Å². The van der Waals surface area contributed by atoms with Gasteiger partial charge in [0.25, 0.3) is 5.91 Å². The largest absolute Gasteiger partial charge is 0.342 e. The highest BCUT2D eigenvalue weighted by Gasteiger charge is 2.45. The number of amides is 2. The van der Waals surface area contributed by atoms with Crippen LogP contribution in [0.3, 0.4) is 0 Å². The molecule has 6 heteroatoms. The first-order valence-corrected chi connectivity index (χ1v) is 10.2. The third kappa shape index (κ3) is 2.57. The fourth-order valence-corrected chi connectivity index (χ4v) is 5.81. The van der Waals surface area contributed by atoms with Gasteiger partial charge in [-0.2, -0.15) is 0 Å². The number of hydrogen-bond donors (Lipinski definition) is 1. The second-order valence-corrected chi connectivity index (χ2v) is 8.39. The quantitative estimate of drug-likeness (QED) is 0.697. The summed E-state index contributed by atoms with van der Waals surface area (Å²) < 4.78 is 0.965. The number of benzene rings is 2. The highest BCUT2D eigenvalue weighted by Crippen LogP contribution is 2.52. The molecule has 2 aliphatic rings. The van der Waals surface area contributed by atoms with Gasteiger partial charge in [-0.1, -0.05) is 54.1 Å².